The van der Waals surface area contributed by atoms with Gasteiger partial charge in [-0.05, 0) is 36.8 Å². The van der Waals surface area contributed by atoms with Gasteiger partial charge in [0.25, 0.3) is 5.56 Å². The molecule has 0 aliphatic rings. The first-order valence-corrected chi connectivity index (χ1v) is 6.39. The van der Waals surface area contributed by atoms with Crippen LogP contribution in [0.2, 0.25) is 0 Å². The van der Waals surface area contributed by atoms with E-state index in [2.05, 4.69) is 15.0 Å². The summed E-state index contributed by atoms with van der Waals surface area (Å²) < 4.78 is 5.79. The summed E-state index contributed by atoms with van der Waals surface area (Å²) in [7, 11) is 0. The molecule has 106 valence electrons. The number of H-pyrrole nitrogens is 1. The molecule has 0 amide bonds. The number of nitrogens with one attached hydrogen (secondary N) is 1. The molecule has 2 aromatic heterocycles. The third kappa shape index (κ3) is 2.61. The number of aliphatic hydroxyl groups is 1. The molecule has 0 fully saturated rings. The van der Waals surface area contributed by atoms with Crippen LogP contribution in [-0.4, -0.2) is 20.1 Å². The first-order chi connectivity index (χ1) is 10.2. The third-order valence-corrected chi connectivity index (χ3v) is 3.05. The highest BCUT2D eigenvalue weighted by Crippen LogP contribution is 2.28. The molecule has 0 unspecified atom stereocenters. The van der Waals surface area contributed by atoms with Crippen LogP contribution in [0.25, 0.3) is 11.0 Å². The minimum atomic E-state index is -0.257. The molecule has 6 heteroatoms. The van der Waals surface area contributed by atoms with Gasteiger partial charge in [-0.15, -0.1) is 0 Å². The van der Waals surface area contributed by atoms with Gasteiger partial charge in [-0.3, -0.25) is 9.78 Å². The van der Waals surface area contributed by atoms with Crippen molar-refractivity contribution < 1.29 is 9.84 Å². The number of hydrogen-bond donors (Lipinski definition) is 2. The monoisotopic (exact) mass is 283 g/mol. The molecule has 0 bridgehead atoms. The fourth-order valence-electron chi connectivity index (χ4n) is 2.01. The number of nitrogens with zero attached hydrogens (tertiary/aromatic N) is 2. The average Bonchev–Trinajstić information content (AvgIpc) is 2.50. The van der Waals surface area contributed by atoms with Gasteiger partial charge in [-0.2, -0.15) is 0 Å². The molecule has 0 spiro atoms. The molecule has 2 N–H and O–H groups in total. The van der Waals surface area contributed by atoms with Crippen LogP contribution in [-0.2, 0) is 6.61 Å². The Kier molecular flexibility index (Phi) is 3.37. The summed E-state index contributed by atoms with van der Waals surface area (Å²) in [6.07, 6.45) is 3.24. The molecule has 0 saturated heterocycles. The van der Waals surface area contributed by atoms with E-state index < -0.39 is 0 Å². The predicted molar refractivity (Wildman–Crippen MR) is 77.3 cm³/mol. The van der Waals surface area contributed by atoms with E-state index in [0.29, 0.717) is 33.8 Å². The van der Waals surface area contributed by atoms with Crippen molar-refractivity contribution in [3.8, 4) is 11.5 Å². The normalized spacial score (nSPS) is 10.8. The van der Waals surface area contributed by atoms with Crippen LogP contribution >= 0.6 is 0 Å². The first kappa shape index (κ1) is 13.3. The predicted octanol–water partition coefficient (Wildman–Crippen LogP) is 1.91. The van der Waals surface area contributed by atoms with Gasteiger partial charge < -0.3 is 14.8 Å². The van der Waals surface area contributed by atoms with Crippen molar-refractivity contribution in [1.29, 1.82) is 0 Å². The number of aliphatic hydroxyl groups excluding tert-OH is 1. The minimum absolute atomic E-state index is 0.154. The van der Waals surface area contributed by atoms with Gasteiger partial charge in [0.2, 0.25) is 0 Å². The van der Waals surface area contributed by atoms with Crippen molar-refractivity contribution in [1.82, 2.24) is 15.0 Å². The lowest BCUT2D eigenvalue weighted by molar-refractivity contribution is 0.281. The van der Waals surface area contributed by atoms with Crippen LogP contribution in [0.4, 0.5) is 0 Å². The Morgan fingerprint density at radius 1 is 1.29 bits per heavy atom. The lowest BCUT2D eigenvalue weighted by Gasteiger charge is -2.10. The van der Waals surface area contributed by atoms with E-state index in [0.717, 1.165) is 0 Å². The standard InChI is InChI=1S/C15H13N3O3/c1-9-15(20)18-12-6-10(8-19)7-13(14(12)17-9)21-11-2-4-16-5-3-11/h2-7,19H,8H2,1H3,(H,18,20). The zero-order chi connectivity index (χ0) is 14.8. The molecule has 1 aromatic carbocycles. The van der Waals surface area contributed by atoms with Crippen molar-refractivity contribution in [2.75, 3.05) is 0 Å². The van der Waals surface area contributed by atoms with Crippen molar-refractivity contribution in [2.24, 2.45) is 0 Å². The van der Waals surface area contributed by atoms with Crippen molar-refractivity contribution in [3.05, 3.63) is 58.3 Å². The molecular formula is C15H13N3O3. The number of aromatic nitrogens is 3. The Morgan fingerprint density at radius 3 is 2.76 bits per heavy atom. The summed E-state index contributed by atoms with van der Waals surface area (Å²) in [4.78, 5) is 22.6. The second-order valence-corrected chi connectivity index (χ2v) is 4.58. The van der Waals surface area contributed by atoms with Gasteiger partial charge >= 0.3 is 0 Å². The van der Waals surface area contributed by atoms with E-state index in [9.17, 15) is 9.90 Å². The lowest BCUT2D eigenvalue weighted by Crippen LogP contribution is -2.12. The molecule has 3 aromatic rings. The molecule has 0 radical (unpaired) electrons. The van der Waals surface area contributed by atoms with Crippen LogP contribution in [0.5, 0.6) is 11.5 Å². The number of aromatic amines is 1. The Bertz CT molecular complexity index is 844. The Morgan fingerprint density at radius 2 is 2.05 bits per heavy atom. The summed E-state index contributed by atoms with van der Waals surface area (Å²) in [5.74, 6) is 1.08. The van der Waals surface area contributed by atoms with E-state index in [4.69, 9.17) is 4.74 Å². The number of benzene rings is 1. The van der Waals surface area contributed by atoms with Gasteiger partial charge in [-0.1, -0.05) is 0 Å². The number of rotatable bonds is 3. The molecule has 3 rings (SSSR count). The highest BCUT2D eigenvalue weighted by molar-refractivity contribution is 5.82. The summed E-state index contributed by atoms with van der Waals surface area (Å²) >= 11 is 0. The molecule has 0 atom stereocenters. The maximum atomic E-state index is 11.7. The van der Waals surface area contributed by atoms with E-state index in [-0.39, 0.29) is 12.2 Å². The zero-order valence-electron chi connectivity index (χ0n) is 11.3. The summed E-state index contributed by atoms with van der Waals surface area (Å²) in [6.45, 7) is 1.48. The fraction of sp³-hybridized carbons (Fsp3) is 0.133. The van der Waals surface area contributed by atoms with E-state index in [1.165, 1.54) is 0 Å². The van der Waals surface area contributed by atoms with Gasteiger partial charge in [-0.25, -0.2) is 4.98 Å². The van der Waals surface area contributed by atoms with Crippen LogP contribution in [0.3, 0.4) is 0 Å². The quantitative estimate of drug-likeness (QED) is 0.766. The van der Waals surface area contributed by atoms with Crippen LogP contribution < -0.4 is 10.3 Å². The zero-order valence-corrected chi connectivity index (χ0v) is 11.3. The smallest absolute Gasteiger partial charge is 0.269 e. The average molecular weight is 283 g/mol. The minimum Gasteiger partial charge on any atom is -0.455 e. The molecule has 0 aliphatic heterocycles. The Balaban J connectivity index is 2.19. The summed E-state index contributed by atoms with van der Waals surface area (Å²) in [6, 6.07) is 6.82. The van der Waals surface area contributed by atoms with Crippen molar-refractivity contribution in [2.45, 2.75) is 13.5 Å². The molecule has 2 heterocycles. The Labute approximate surface area is 120 Å². The molecule has 21 heavy (non-hydrogen) atoms. The molecule has 0 aliphatic carbocycles. The third-order valence-electron chi connectivity index (χ3n) is 3.05. The lowest BCUT2D eigenvalue weighted by atomic mass is 10.2. The Hall–Kier alpha value is -2.73. The number of fused-ring (bicyclic) bond motifs is 1. The van der Waals surface area contributed by atoms with Gasteiger partial charge in [0.05, 0.1) is 12.1 Å². The first-order valence-electron chi connectivity index (χ1n) is 6.39. The van der Waals surface area contributed by atoms with Crippen molar-refractivity contribution >= 4 is 11.0 Å². The van der Waals surface area contributed by atoms with Crippen LogP contribution in [0.15, 0.2) is 41.5 Å². The summed E-state index contributed by atoms with van der Waals surface area (Å²) in [5, 5.41) is 9.33. The largest absolute Gasteiger partial charge is 0.455 e. The highest BCUT2D eigenvalue weighted by atomic mass is 16.5. The van der Waals surface area contributed by atoms with Crippen molar-refractivity contribution in [3.63, 3.8) is 0 Å². The van der Waals surface area contributed by atoms with Gasteiger partial charge in [0.1, 0.15) is 17.0 Å². The second-order valence-electron chi connectivity index (χ2n) is 4.58. The maximum absolute atomic E-state index is 11.7. The van der Waals surface area contributed by atoms with E-state index in [1.54, 1.807) is 43.6 Å². The van der Waals surface area contributed by atoms with E-state index in [1.807, 2.05) is 0 Å². The maximum Gasteiger partial charge on any atom is 0.269 e. The molecule has 0 saturated carbocycles. The van der Waals surface area contributed by atoms with Gasteiger partial charge in [0.15, 0.2) is 5.75 Å². The molecular weight excluding hydrogens is 270 g/mol. The van der Waals surface area contributed by atoms with Crippen LogP contribution in [0.1, 0.15) is 11.3 Å². The fourth-order valence-corrected chi connectivity index (χ4v) is 2.01. The number of aryl methyl sites for hydroxylation is 1. The number of ether oxygens (including phenoxy) is 1. The SMILES string of the molecule is Cc1nc2c(Oc3ccncc3)cc(CO)cc2[nH]c1=O. The number of pyridine rings is 1. The molecule has 6 nitrogen and oxygen atoms in total. The topological polar surface area (TPSA) is 88.1 Å². The van der Waals surface area contributed by atoms with Crippen LogP contribution in [0, 0.1) is 6.92 Å². The second kappa shape index (κ2) is 5.34. The summed E-state index contributed by atoms with van der Waals surface area (Å²) in [5.41, 5.74) is 1.81. The highest BCUT2D eigenvalue weighted by Gasteiger charge is 2.10. The number of hydrogen-bond acceptors (Lipinski definition) is 5. The van der Waals surface area contributed by atoms with Gasteiger partial charge in [0, 0.05) is 12.4 Å². The van der Waals surface area contributed by atoms with E-state index >= 15 is 0 Å².